The lowest BCUT2D eigenvalue weighted by Crippen LogP contribution is -2.56. The molecule has 4 rings (SSSR count). The number of benzene rings is 2. The fourth-order valence-electron chi connectivity index (χ4n) is 4.68. The van der Waals surface area contributed by atoms with Gasteiger partial charge in [0, 0.05) is 61.3 Å². The Morgan fingerprint density at radius 3 is 2.24 bits per heavy atom. The van der Waals surface area contributed by atoms with Gasteiger partial charge in [0.1, 0.15) is 5.78 Å². The summed E-state index contributed by atoms with van der Waals surface area (Å²) in [6.45, 7) is 2.68. The first-order valence-corrected chi connectivity index (χ1v) is 11.7. The average molecular weight is 525 g/mol. The maximum Gasteiger partial charge on any atom is 0.416 e. The first-order valence-electron chi connectivity index (χ1n) is 11.7. The van der Waals surface area contributed by atoms with Crippen molar-refractivity contribution in [2.75, 3.05) is 26.2 Å². The Kier molecular flexibility index (Phi) is 7.36. The fourth-order valence-corrected chi connectivity index (χ4v) is 4.68. The van der Waals surface area contributed by atoms with Crippen LogP contribution in [-0.2, 0) is 23.6 Å². The molecule has 1 aliphatic heterocycles. The van der Waals surface area contributed by atoms with Gasteiger partial charge in [0.25, 0.3) is 5.91 Å². The Labute approximate surface area is 209 Å². The normalized spacial score (nSPS) is 17.4. The molecule has 5 nitrogen and oxygen atoms in total. The maximum absolute atomic E-state index is 13.4. The lowest BCUT2D eigenvalue weighted by Gasteiger charge is -2.41. The highest BCUT2D eigenvalue weighted by Gasteiger charge is 2.39. The number of carbonyl (C=O) groups is 2. The van der Waals surface area contributed by atoms with Crippen LogP contribution < -0.4 is 0 Å². The Balaban J connectivity index is 1.68. The third-order valence-corrected chi connectivity index (χ3v) is 6.57. The molecule has 0 saturated carbocycles. The number of fused-ring (bicyclic) bond motifs is 1. The van der Waals surface area contributed by atoms with E-state index in [1.165, 1.54) is 11.8 Å². The molecule has 1 fully saturated rings. The minimum absolute atomic E-state index is 0.00432. The molecule has 0 bridgehead atoms. The van der Waals surface area contributed by atoms with Gasteiger partial charge in [0.05, 0.1) is 11.1 Å². The number of ketones is 1. The van der Waals surface area contributed by atoms with Crippen molar-refractivity contribution in [1.29, 1.82) is 0 Å². The number of H-pyrrole nitrogens is 1. The van der Waals surface area contributed by atoms with E-state index >= 15 is 0 Å². The summed E-state index contributed by atoms with van der Waals surface area (Å²) in [7, 11) is 0. The van der Waals surface area contributed by atoms with Crippen LogP contribution >= 0.6 is 0 Å². The van der Waals surface area contributed by atoms with E-state index in [4.69, 9.17) is 0 Å². The number of amides is 1. The molecule has 1 N–H and O–H groups in total. The molecule has 1 unspecified atom stereocenters. The van der Waals surface area contributed by atoms with Gasteiger partial charge in [-0.3, -0.25) is 14.5 Å². The first kappa shape index (κ1) is 26.7. The smallest absolute Gasteiger partial charge is 0.361 e. The molecule has 0 spiro atoms. The SMILES string of the molecule is CC(=O)CCN1CCN(C(=O)c2cc(C(F)(F)F)cc(C(F)(F)F)c2)C(Cc2c[nH]c3ccccc23)C1. The zero-order valence-electron chi connectivity index (χ0n) is 19.9. The molecule has 1 aromatic heterocycles. The minimum Gasteiger partial charge on any atom is -0.361 e. The second kappa shape index (κ2) is 10.2. The maximum atomic E-state index is 13.4. The second-order valence-corrected chi connectivity index (χ2v) is 9.26. The lowest BCUT2D eigenvalue weighted by atomic mass is 9.98. The zero-order valence-corrected chi connectivity index (χ0v) is 19.9. The summed E-state index contributed by atoms with van der Waals surface area (Å²) in [5.74, 6) is -0.900. The summed E-state index contributed by atoms with van der Waals surface area (Å²) in [6.07, 6.45) is -7.68. The Bertz CT molecular complexity index is 1270. The molecule has 1 aliphatic rings. The Hall–Kier alpha value is -3.34. The molecule has 2 aromatic carbocycles. The molecule has 1 atom stereocenters. The number of nitrogens with zero attached hydrogens (tertiary/aromatic N) is 2. The van der Waals surface area contributed by atoms with Crippen LogP contribution in [0.4, 0.5) is 26.3 Å². The number of aromatic nitrogens is 1. The van der Waals surface area contributed by atoms with E-state index < -0.39 is 41.0 Å². The number of carbonyl (C=O) groups excluding carboxylic acids is 2. The van der Waals surface area contributed by atoms with Crippen LogP contribution in [0.25, 0.3) is 10.9 Å². The van der Waals surface area contributed by atoms with Crippen molar-refractivity contribution in [2.24, 2.45) is 0 Å². The molecule has 1 saturated heterocycles. The standard InChI is InChI=1S/C26H25F6N3O2/c1-16(36)6-7-34-8-9-35(21(15-34)12-18-14-33-23-5-3-2-4-22(18)23)24(37)17-10-19(25(27,28)29)13-20(11-17)26(30,31)32/h2-5,10-11,13-14,21,33H,6-9,12,15H2,1H3. The third kappa shape index (κ3) is 6.15. The first-order chi connectivity index (χ1) is 17.3. The van der Waals surface area contributed by atoms with Crippen molar-refractivity contribution < 1.29 is 35.9 Å². The second-order valence-electron chi connectivity index (χ2n) is 9.26. The third-order valence-electron chi connectivity index (χ3n) is 6.57. The number of Topliss-reactive ketones (excluding diaryl/α,β-unsaturated/α-hetero) is 1. The number of aromatic amines is 1. The van der Waals surface area contributed by atoms with Gasteiger partial charge >= 0.3 is 12.4 Å². The van der Waals surface area contributed by atoms with Crippen molar-refractivity contribution in [3.8, 4) is 0 Å². The highest BCUT2D eigenvalue weighted by Crippen LogP contribution is 2.37. The van der Waals surface area contributed by atoms with Gasteiger partial charge in [-0.25, -0.2) is 0 Å². The Morgan fingerprint density at radius 2 is 1.62 bits per heavy atom. The van der Waals surface area contributed by atoms with Crippen LogP contribution in [0.1, 0.15) is 40.4 Å². The minimum atomic E-state index is -5.05. The predicted molar refractivity (Wildman–Crippen MR) is 125 cm³/mol. The van der Waals surface area contributed by atoms with Crippen molar-refractivity contribution in [3.05, 3.63) is 70.9 Å². The largest absolute Gasteiger partial charge is 0.416 e. The number of alkyl halides is 6. The van der Waals surface area contributed by atoms with Gasteiger partial charge < -0.3 is 9.88 Å². The molecular weight excluding hydrogens is 500 g/mol. The zero-order chi connectivity index (χ0) is 27.0. The van der Waals surface area contributed by atoms with E-state index in [-0.39, 0.29) is 18.4 Å². The van der Waals surface area contributed by atoms with E-state index in [9.17, 15) is 35.9 Å². The van der Waals surface area contributed by atoms with Crippen molar-refractivity contribution >= 4 is 22.6 Å². The summed E-state index contributed by atoms with van der Waals surface area (Å²) in [4.78, 5) is 31.4. The number of hydrogen-bond acceptors (Lipinski definition) is 3. The van der Waals surface area contributed by atoms with Crippen LogP contribution in [0.5, 0.6) is 0 Å². The highest BCUT2D eigenvalue weighted by atomic mass is 19.4. The summed E-state index contributed by atoms with van der Waals surface area (Å²) in [5.41, 5.74) is -1.99. The van der Waals surface area contributed by atoms with E-state index in [1.54, 1.807) is 6.20 Å². The van der Waals surface area contributed by atoms with E-state index in [2.05, 4.69) is 4.98 Å². The van der Waals surface area contributed by atoms with Crippen molar-refractivity contribution in [3.63, 3.8) is 0 Å². The van der Waals surface area contributed by atoms with Crippen LogP contribution in [0.2, 0.25) is 0 Å². The average Bonchev–Trinajstić information content (AvgIpc) is 3.24. The van der Waals surface area contributed by atoms with Gasteiger partial charge in [0.15, 0.2) is 0 Å². The Morgan fingerprint density at radius 1 is 0.973 bits per heavy atom. The number of hydrogen-bond donors (Lipinski definition) is 1. The van der Waals surface area contributed by atoms with Gasteiger partial charge in [-0.1, -0.05) is 18.2 Å². The van der Waals surface area contributed by atoms with Gasteiger partial charge in [-0.05, 0) is 43.2 Å². The van der Waals surface area contributed by atoms with Crippen LogP contribution in [0.15, 0.2) is 48.7 Å². The molecule has 2 heterocycles. The highest BCUT2D eigenvalue weighted by molar-refractivity contribution is 5.95. The topological polar surface area (TPSA) is 56.4 Å². The summed E-state index contributed by atoms with van der Waals surface area (Å²) < 4.78 is 80.3. The van der Waals surface area contributed by atoms with Gasteiger partial charge in [-0.2, -0.15) is 26.3 Å². The number of rotatable bonds is 6. The van der Waals surface area contributed by atoms with E-state index in [1.807, 2.05) is 29.2 Å². The summed E-state index contributed by atoms with van der Waals surface area (Å²) in [6, 6.07) is 7.91. The van der Waals surface area contributed by atoms with Crippen LogP contribution in [0, 0.1) is 0 Å². The lowest BCUT2D eigenvalue weighted by molar-refractivity contribution is -0.143. The molecule has 3 aromatic rings. The molecular formula is C26H25F6N3O2. The van der Waals surface area contributed by atoms with Crippen LogP contribution in [0.3, 0.4) is 0 Å². The number of piperazine rings is 1. The fraction of sp³-hybridized carbons (Fsp3) is 0.385. The van der Waals surface area contributed by atoms with Gasteiger partial charge in [0.2, 0.25) is 0 Å². The summed E-state index contributed by atoms with van der Waals surface area (Å²) in [5, 5.41) is 0.911. The van der Waals surface area contributed by atoms with Crippen LogP contribution in [-0.4, -0.2) is 58.7 Å². The van der Waals surface area contributed by atoms with E-state index in [0.29, 0.717) is 44.6 Å². The molecule has 0 radical (unpaired) electrons. The number of halogens is 6. The van der Waals surface area contributed by atoms with Crippen molar-refractivity contribution in [2.45, 2.75) is 38.2 Å². The molecule has 0 aliphatic carbocycles. The quantitative estimate of drug-likeness (QED) is 0.429. The molecule has 37 heavy (non-hydrogen) atoms. The molecule has 198 valence electrons. The molecule has 11 heteroatoms. The van der Waals surface area contributed by atoms with Crippen molar-refractivity contribution in [1.82, 2.24) is 14.8 Å². The van der Waals surface area contributed by atoms with E-state index in [0.717, 1.165) is 16.5 Å². The van der Waals surface area contributed by atoms with Gasteiger partial charge in [-0.15, -0.1) is 0 Å². The summed E-state index contributed by atoms with van der Waals surface area (Å²) >= 11 is 0. The predicted octanol–water partition coefficient (Wildman–Crippen LogP) is 5.55. The number of nitrogens with one attached hydrogen (secondary N) is 1. The molecule has 1 amide bonds. The number of para-hydroxylation sites is 1. The monoisotopic (exact) mass is 525 g/mol.